The van der Waals surface area contributed by atoms with Gasteiger partial charge in [0.1, 0.15) is 12.1 Å². The first kappa shape index (κ1) is 40.4. The van der Waals surface area contributed by atoms with Gasteiger partial charge in [0.2, 0.25) is 11.8 Å². The van der Waals surface area contributed by atoms with E-state index in [4.69, 9.17) is 0 Å². The van der Waals surface area contributed by atoms with Crippen molar-refractivity contribution in [2.75, 3.05) is 13.1 Å². The Morgan fingerprint density at radius 3 is 1.09 bits per heavy atom. The van der Waals surface area contributed by atoms with Gasteiger partial charge >= 0.3 is 0 Å². The third kappa shape index (κ3) is 15.8. The van der Waals surface area contributed by atoms with E-state index in [0.29, 0.717) is 37.1 Å². The molecule has 2 aromatic carbocycles. The highest BCUT2D eigenvalue weighted by Crippen LogP contribution is 2.12. The van der Waals surface area contributed by atoms with Crippen molar-refractivity contribution >= 4 is 23.6 Å². The second-order valence-electron chi connectivity index (χ2n) is 13.4. The Morgan fingerprint density at radius 2 is 0.755 bits per heavy atom. The van der Waals surface area contributed by atoms with Crippen molar-refractivity contribution in [2.45, 2.75) is 95.6 Å². The number of hydrogen-bond acceptors (Lipinski definition) is 6. The quantitative estimate of drug-likeness (QED) is 0.0620. The summed E-state index contributed by atoms with van der Waals surface area (Å²) in [6.07, 6.45) is 19.3. The fraction of sp³-hybridized carbons (Fsp3) is 0.395. The molecular formula is C43H54N6O4. The molecule has 10 heteroatoms. The third-order valence-corrected chi connectivity index (χ3v) is 9.15. The number of nitrogens with zero attached hydrogens (tertiary/aromatic N) is 2. The predicted molar refractivity (Wildman–Crippen MR) is 208 cm³/mol. The van der Waals surface area contributed by atoms with E-state index in [1.165, 1.54) is 32.1 Å². The minimum absolute atomic E-state index is 0.170. The van der Waals surface area contributed by atoms with Gasteiger partial charge in [-0.2, -0.15) is 0 Å². The summed E-state index contributed by atoms with van der Waals surface area (Å²) in [5.41, 5.74) is 2.92. The molecule has 0 unspecified atom stereocenters. The van der Waals surface area contributed by atoms with E-state index in [-0.39, 0.29) is 23.6 Å². The van der Waals surface area contributed by atoms with Gasteiger partial charge in [-0.05, 0) is 48.2 Å². The van der Waals surface area contributed by atoms with Crippen molar-refractivity contribution in [2.24, 2.45) is 0 Å². The SMILES string of the molecule is O=C(N[C@@H](Cc1ccccc1)C(=O)NCCCCCCCCCCCCCNC(=O)[C@H](Cc1ccccc1)NC(=O)c1ccncc1)c1ccncc1. The van der Waals surface area contributed by atoms with E-state index in [0.717, 1.165) is 49.7 Å². The lowest BCUT2D eigenvalue weighted by Gasteiger charge is -2.19. The molecule has 0 saturated heterocycles. The van der Waals surface area contributed by atoms with Crippen molar-refractivity contribution in [3.63, 3.8) is 0 Å². The third-order valence-electron chi connectivity index (χ3n) is 9.15. The summed E-state index contributed by atoms with van der Waals surface area (Å²) in [7, 11) is 0. The molecule has 2 heterocycles. The monoisotopic (exact) mass is 718 g/mol. The van der Waals surface area contributed by atoms with E-state index < -0.39 is 12.1 Å². The van der Waals surface area contributed by atoms with Crippen LogP contribution in [0.4, 0.5) is 0 Å². The van der Waals surface area contributed by atoms with Gasteiger partial charge in [0.25, 0.3) is 11.8 Å². The Balaban J connectivity index is 1.02. The zero-order valence-electron chi connectivity index (χ0n) is 30.7. The van der Waals surface area contributed by atoms with Crippen molar-refractivity contribution < 1.29 is 19.2 Å². The number of rotatable bonds is 24. The average molecular weight is 719 g/mol. The lowest BCUT2D eigenvalue weighted by atomic mass is 10.0. The topological polar surface area (TPSA) is 142 Å². The number of carbonyl (C=O) groups is 4. The fourth-order valence-corrected chi connectivity index (χ4v) is 6.12. The molecule has 10 nitrogen and oxygen atoms in total. The summed E-state index contributed by atoms with van der Waals surface area (Å²) < 4.78 is 0. The number of aromatic nitrogens is 2. The molecule has 0 spiro atoms. The number of carbonyl (C=O) groups excluding carboxylic acids is 4. The van der Waals surface area contributed by atoms with Crippen LogP contribution in [-0.4, -0.2) is 58.8 Å². The van der Waals surface area contributed by atoms with E-state index in [1.54, 1.807) is 49.1 Å². The summed E-state index contributed by atoms with van der Waals surface area (Å²) in [5, 5.41) is 11.8. The molecule has 0 aliphatic rings. The number of hydrogen-bond donors (Lipinski definition) is 4. The number of unbranched alkanes of at least 4 members (excludes halogenated alkanes) is 10. The van der Waals surface area contributed by atoms with Gasteiger partial charge in [0.05, 0.1) is 0 Å². The van der Waals surface area contributed by atoms with Crippen molar-refractivity contribution in [1.82, 2.24) is 31.2 Å². The van der Waals surface area contributed by atoms with Gasteiger partial charge in [-0.15, -0.1) is 0 Å². The molecule has 2 aromatic heterocycles. The maximum absolute atomic E-state index is 13.1. The second kappa shape index (κ2) is 24.0. The smallest absolute Gasteiger partial charge is 0.252 e. The van der Waals surface area contributed by atoms with E-state index in [2.05, 4.69) is 31.2 Å². The summed E-state index contributed by atoms with van der Waals surface area (Å²) in [6, 6.07) is 24.6. The highest BCUT2D eigenvalue weighted by Gasteiger charge is 2.23. The molecule has 4 rings (SSSR count). The Bertz CT molecular complexity index is 1520. The van der Waals surface area contributed by atoms with Gasteiger partial charge in [-0.3, -0.25) is 29.1 Å². The van der Waals surface area contributed by atoms with Crippen LogP contribution in [-0.2, 0) is 22.4 Å². The van der Waals surface area contributed by atoms with Crippen LogP contribution in [0, 0.1) is 0 Å². The Hall–Kier alpha value is -5.38. The van der Waals surface area contributed by atoms with Crippen LogP contribution in [0.1, 0.15) is 102 Å². The molecule has 280 valence electrons. The molecule has 4 aromatic rings. The highest BCUT2D eigenvalue weighted by molar-refractivity contribution is 5.98. The van der Waals surface area contributed by atoms with Crippen LogP contribution in [0.25, 0.3) is 0 Å². The standard InChI is InChI=1S/C43H54N6O4/c50-40(36-22-28-44-29-23-36)48-38(32-34-18-12-10-13-19-34)42(52)46-26-16-8-6-4-2-1-3-5-7-9-17-27-47-43(53)39(33-35-20-14-11-15-21-35)49-41(51)37-24-30-45-31-25-37/h10-15,18-25,28-31,38-39H,1-9,16-17,26-27,32-33H2,(H,46,52)(H,47,53)(H,48,50)(H,49,51)/t38-,39-/m0/s1. The molecule has 4 N–H and O–H groups in total. The van der Waals surface area contributed by atoms with Gasteiger partial charge in [0, 0.05) is 61.8 Å². The van der Waals surface area contributed by atoms with Crippen molar-refractivity contribution in [3.05, 3.63) is 132 Å². The molecule has 0 saturated carbocycles. The number of pyridine rings is 2. The average Bonchev–Trinajstić information content (AvgIpc) is 3.20. The maximum Gasteiger partial charge on any atom is 0.252 e. The molecule has 0 bridgehead atoms. The lowest BCUT2D eigenvalue weighted by Crippen LogP contribution is -2.48. The van der Waals surface area contributed by atoms with Crippen LogP contribution >= 0.6 is 0 Å². The number of amides is 4. The predicted octanol–water partition coefficient (Wildman–Crippen LogP) is 6.38. The number of nitrogens with one attached hydrogen (secondary N) is 4. The fourth-order valence-electron chi connectivity index (χ4n) is 6.12. The summed E-state index contributed by atoms with van der Waals surface area (Å²) in [6.45, 7) is 1.17. The molecule has 2 atom stereocenters. The summed E-state index contributed by atoms with van der Waals surface area (Å²) in [4.78, 5) is 59.6. The van der Waals surface area contributed by atoms with Crippen LogP contribution in [0.5, 0.6) is 0 Å². The summed E-state index contributed by atoms with van der Waals surface area (Å²) >= 11 is 0. The molecule has 0 aliphatic heterocycles. The zero-order chi connectivity index (χ0) is 37.4. The Kier molecular flexibility index (Phi) is 18.3. The van der Waals surface area contributed by atoms with E-state index in [9.17, 15) is 19.2 Å². The summed E-state index contributed by atoms with van der Waals surface area (Å²) in [5.74, 6) is -0.921. The minimum Gasteiger partial charge on any atom is -0.354 e. The Labute approximate surface area is 314 Å². The highest BCUT2D eigenvalue weighted by atomic mass is 16.2. The normalized spacial score (nSPS) is 11.9. The lowest BCUT2D eigenvalue weighted by molar-refractivity contribution is -0.123. The van der Waals surface area contributed by atoms with Crippen molar-refractivity contribution in [3.8, 4) is 0 Å². The maximum atomic E-state index is 13.1. The molecular weight excluding hydrogens is 665 g/mol. The second-order valence-corrected chi connectivity index (χ2v) is 13.4. The molecule has 0 radical (unpaired) electrons. The largest absolute Gasteiger partial charge is 0.354 e. The van der Waals surface area contributed by atoms with Gasteiger partial charge in [-0.25, -0.2) is 0 Å². The van der Waals surface area contributed by atoms with Gasteiger partial charge < -0.3 is 21.3 Å². The van der Waals surface area contributed by atoms with Crippen LogP contribution in [0.2, 0.25) is 0 Å². The molecule has 53 heavy (non-hydrogen) atoms. The van der Waals surface area contributed by atoms with E-state index >= 15 is 0 Å². The molecule has 0 fully saturated rings. The first-order valence-electron chi connectivity index (χ1n) is 19.0. The van der Waals surface area contributed by atoms with Crippen LogP contribution < -0.4 is 21.3 Å². The van der Waals surface area contributed by atoms with E-state index in [1.807, 2.05) is 60.7 Å². The first-order valence-corrected chi connectivity index (χ1v) is 19.0. The van der Waals surface area contributed by atoms with Gasteiger partial charge in [-0.1, -0.05) is 118 Å². The van der Waals surface area contributed by atoms with Crippen LogP contribution in [0.15, 0.2) is 110 Å². The minimum atomic E-state index is -0.660. The molecule has 0 aliphatic carbocycles. The molecule has 4 amide bonds. The number of benzene rings is 2. The zero-order valence-corrected chi connectivity index (χ0v) is 30.7. The van der Waals surface area contributed by atoms with Crippen molar-refractivity contribution in [1.29, 1.82) is 0 Å². The Morgan fingerprint density at radius 1 is 0.434 bits per heavy atom. The van der Waals surface area contributed by atoms with Crippen LogP contribution in [0.3, 0.4) is 0 Å². The van der Waals surface area contributed by atoms with Gasteiger partial charge in [0.15, 0.2) is 0 Å². The first-order chi connectivity index (χ1) is 26.0.